The number of halogens is 1. The van der Waals surface area contributed by atoms with Gasteiger partial charge in [-0.3, -0.25) is 4.99 Å². The molecule has 0 spiro atoms. The van der Waals surface area contributed by atoms with Gasteiger partial charge in [-0.15, -0.1) is 12.4 Å². The van der Waals surface area contributed by atoms with Crippen molar-refractivity contribution in [2.45, 2.75) is 6.42 Å². The molecule has 56 valence electrons. The molecular weight excluding hydrogens is 140 g/mol. The number of aliphatic imine (C=N–C) groups is 1. The van der Waals surface area contributed by atoms with Crippen molar-refractivity contribution >= 4 is 18.4 Å². The standard InChI is InChI=1S/C4H12N4.ClH/c5-2-1-3-8-4(6)7;/h1-3,5H2,(H4,6,7,8);1H. The maximum atomic E-state index is 5.16. The van der Waals surface area contributed by atoms with Crippen molar-refractivity contribution in [3.63, 3.8) is 0 Å². The second-order valence-corrected chi connectivity index (χ2v) is 1.45. The maximum Gasteiger partial charge on any atom is 0.185 e. The molecule has 0 unspecified atom stereocenters. The van der Waals surface area contributed by atoms with Crippen LogP contribution in [0.5, 0.6) is 0 Å². The van der Waals surface area contributed by atoms with Crippen molar-refractivity contribution in [1.82, 2.24) is 0 Å². The molecule has 6 N–H and O–H groups in total. The number of guanidine groups is 1. The van der Waals surface area contributed by atoms with Gasteiger partial charge in [-0.2, -0.15) is 0 Å². The van der Waals surface area contributed by atoms with Crippen LogP contribution in [0.3, 0.4) is 0 Å². The largest absolute Gasteiger partial charge is 0.370 e. The van der Waals surface area contributed by atoms with Crippen LogP contribution in [0.2, 0.25) is 0 Å². The fourth-order valence-electron chi connectivity index (χ4n) is 0.299. The zero-order valence-corrected chi connectivity index (χ0v) is 6.03. The lowest BCUT2D eigenvalue weighted by molar-refractivity contribution is 0.842. The van der Waals surface area contributed by atoms with Crippen LogP contribution in [0.25, 0.3) is 0 Å². The van der Waals surface area contributed by atoms with Gasteiger partial charge in [-0.05, 0) is 13.0 Å². The Hall–Kier alpha value is -0.480. The first kappa shape index (κ1) is 11.3. The van der Waals surface area contributed by atoms with E-state index in [-0.39, 0.29) is 18.4 Å². The van der Waals surface area contributed by atoms with E-state index in [0.717, 1.165) is 6.42 Å². The van der Waals surface area contributed by atoms with Crippen molar-refractivity contribution in [1.29, 1.82) is 0 Å². The summed E-state index contributed by atoms with van der Waals surface area (Å²) < 4.78 is 0. The number of nitrogens with two attached hydrogens (primary N) is 3. The van der Waals surface area contributed by atoms with E-state index in [0.29, 0.717) is 13.1 Å². The van der Waals surface area contributed by atoms with Gasteiger partial charge in [0.15, 0.2) is 5.96 Å². The predicted octanol–water partition coefficient (Wildman–Crippen LogP) is -0.970. The van der Waals surface area contributed by atoms with Crippen LogP contribution in [0.1, 0.15) is 6.42 Å². The van der Waals surface area contributed by atoms with E-state index in [9.17, 15) is 0 Å². The normalized spacial score (nSPS) is 7.67. The van der Waals surface area contributed by atoms with Crippen LogP contribution in [-0.2, 0) is 0 Å². The summed E-state index contributed by atoms with van der Waals surface area (Å²) >= 11 is 0. The zero-order chi connectivity index (χ0) is 6.41. The van der Waals surface area contributed by atoms with E-state index in [1.807, 2.05) is 0 Å². The average molecular weight is 153 g/mol. The molecule has 0 rings (SSSR count). The van der Waals surface area contributed by atoms with Crippen LogP contribution in [-0.4, -0.2) is 19.0 Å². The highest BCUT2D eigenvalue weighted by atomic mass is 35.5. The SMILES string of the molecule is Cl.NCCCN=C(N)N. The van der Waals surface area contributed by atoms with Gasteiger partial charge in [0.2, 0.25) is 0 Å². The molecule has 5 heteroatoms. The number of rotatable bonds is 3. The molecule has 0 aliphatic heterocycles. The Morgan fingerprint density at radius 3 is 2.22 bits per heavy atom. The smallest absolute Gasteiger partial charge is 0.185 e. The number of hydrogen-bond acceptors (Lipinski definition) is 2. The molecule has 0 heterocycles. The van der Waals surface area contributed by atoms with Gasteiger partial charge in [0.25, 0.3) is 0 Å². The van der Waals surface area contributed by atoms with Gasteiger partial charge in [0.1, 0.15) is 0 Å². The second kappa shape index (κ2) is 7.52. The van der Waals surface area contributed by atoms with E-state index in [4.69, 9.17) is 17.2 Å². The van der Waals surface area contributed by atoms with Crippen LogP contribution in [0.4, 0.5) is 0 Å². The molecule has 0 aromatic heterocycles. The summed E-state index contributed by atoms with van der Waals surface area (Å²) in [4.78, 5) is 3.71. The molecule has 0 fully saturated rings. The summed E-state index contributed by atoms with van der Waals surface area (Å²) in [6, 6.07) is 0. The van der Waals surface area contributed by atoms with Crippen molar-refractivity contribution < 1.29 is 0 Å². The van der Waals surface area contributed by atoms with Crippen molar-refractivity contribution in [3.05, 3.63) is 0 Å². The topological polar surface area (TPSA) is 90.4 Å². The van der Waals surface area contributed by atoms with E-state index in [2.05, 4.69) is 4.99 Å². The Labute approximate surface area is 60.9 Å². The molecule has 4 nitrogen and oxygen atoms in total. The molecule has 0 aromatic rings. The van der Waals surface area contributed by atoms with E-state index >= 15 is 0 Å². The quantitative estimate of drug-likeness (QED) is 0.276. The van der Waals surface area contributed by atoms with Gasteiger partial charge in [-0.25, -0.2) is 0 Å². The minimum atomic E-state index is 0. The number of nitrogens with zero attached hydrogens (tertiary/aromatic N) is 1. The molecule has 0 aliphatic rings. The highest BCUT2D eigenvalue weighted by Gasteiger charge is 1.79. The summed E-state index contributed by atoms with van der Waals surface area (Å²) in [7, 11) is 0. The first-order valence-corrected chi connectivity index (χ1v) is 2.53. The zero-order valence-electron chi connectivity index (χ0n) is 5.21. The molecule has 0 radical (unpaired) electrons. The summed E-state index contributed by atoms with van der Waals surface area (Å²) in [6.07, 6.45) is 0.845. The molecule has 0 atom stereocenters. The maximum absolute atomic E-state index is 5.16. The Balaban J connectivity index is 0. The van der Waals surface area contributed by atoms with Crippen LogP contribution >= 0.6 is 12.4 Å². The van der Waals surface area contributed by atoms with Crippen LogP contribution in [0, 0.1) is 0 Å². The van der Waals surface area contributed by atoms with Gasteiger partial charge >= 0.3 is 0 Å². The second-order valence-electron chi connectivity index (χ2n) is 1.45. The first-order valence-electron chi connectivity index (χ1n) is 2.53. The molecular formula is C4H13ClN4. The number of hydrogen-bond donors (Lipinski definition) is 3. The van der Waals surface area contributed by atoms with Crippen molar-refractivity contribution in [2.24, 2.45) is 22.2 Å². The van der Waals surface area contributed by atoms with Crippen LogP contribution < -0.4 is 17.2 Å². The lowest BCUT2D eigenvalue weighted by Crippen LogP contribution is -2.23. The van der Waals surface area contributed by atoms with Gasteiger partial charge in [0.05, 0.1) is 0 Å². The Morgan fingerprint density at radius 1 is 1.33 bits per heavy atom. The Bertz CT molecular complexity index is 78.6. The monoisotopic (exact) mass is 152 g/mol. The third-order valence-corrected chi connectivity index (χ3v) is 0.657. The third kappa shape index (κ3) is 11.2. The van der Waals surface area contributed by atoms with Crippen LogP contribution in [0.15, 0.2) is 4.99 Å². The van der Waals surface area contributed by atoms with Gasteiger partial charge < -0.3 is 17.2 Å². The summed E-state index contributed by atoms with van der Waals surface area (Å²) in [5.41, 5.74) is 15.2. The predicted molar refractivity (Wildman–Crippen MR) is 41.6 cm³/mol. The third-order valence-electron chi connectivity index (χ3n) is 0.657. The Kier molecular flexibility index (Phi) is 9.47. The minimum Gasteiger partial charge on any atom is -0.370 e. The van der Waals surface area contributed by atoms with E-state index < -0.39 is 0 Å². The molecule has 9 heavy (non-hydrogen) atoms. The fourth-order valence-corrected chi connectivity index (χ4v) is 0.299. The summed E-state index contributed by atoms with van der Waals surface area (Å²) in [5.74, 6) is 0.137. The van der Waals surface area contributed by atoms with Gasteiger partial charge in [0, 0.05) is 6.54 Å². The average Bonchev–Trinajstić information content (AvgIpc) is 1.66. The minimum absolute atomic E-state index is 0. The van der Waals surface area contributed by atoms with Crippen molar-refractivity contribution in [3.8, 4) is 0 Å². The van der Waals surface area contributed by atoms with Gasteiger partial charge in [-0.1, -0.05) is 0 Å². The summed E-state index contributed by atoms with van der Waals surface area (Å²) in [5, 5.41) is 0. The fraction of sp³-hybridized carbons (Fsp3) is 0.750. The van der Waals surface area contributed by atoms with E-state index in [1.54, 1.807) is 0 Å². The van der Waals surface area contributed by atoms with Crippen molar-refractivity contribution in [2.75, 3.05) is 13.1 Å². The first-order chi connectivity index (χ1) is 3.77. The molecule has 0 aliphatic carbocycles. The Morgan fingerprint density at radius 2 is 1.89 bits per heavy atom. The molecule has 0 saturated heterocycles. The lowest BCUT2D eigenvalue weighted by Gasteiger charge is -1.89. The molecule has 0 bridgehead atoms. The lowest BCUT2D eigenvalue weighted by atomic mass is 10.4. The highest BCUT2D eigenvalue weighted by Crippen LogP contribution is 1.73. The summed E-state index contributed by atoms with van der Waals surface area (Å²) in [6.45, 7) is 1.27. The molecule has 0 aromatic carbocycles. The highest BCUT2D eigenvalue weighted by molar-refractivity contribution is 5.85. The van der Waals surface area contributed by atoms with E-state index in [1.165, 1.54) is 0 Å². The molecule has 0 saturated carbocycles. The molecule has 0 amide bonds.